The molecule has 0 aliphatic carbocycles. The van der Waals surface area contributed by atoms with Crippen LogP contribution in [-0.4, -0.2) is 13.0 Å². The summed E-state index contributed by atoms with van der Waals surface area (Å²) in [6.45, 7) is 3.89. The van der Waals surface area contributed by atoms with E-state index in [4.69, 9.17) is 16.3 Å². The van der Waals surface area contributed by atoms with Crippen molar-refractivity contribution < 1.29 is 9.53 Å². The van der Waals surface area contributed by atoms with E-state index in [1.165, 1.54) is 13.2 Å². The number of ether oxygens (including phenoxy) is 1. The van der Waals surface area contributed by atoms with Crippen LogP contribution < -0.4 is 10.1 Å². The highest BCUT2D eigenvalue weighted by molar-refractivity contribution is 6.32. The van der Waals surface area contributed by atoms with E-state index in [1.807, 2.05) is 38.1 Å². The first-order valence-corrected chi connectivity index (χ1v) is 7.65. The molecule has 0 fully saturated rings. The molecular weight excluding hydrogens is 324 g/mol. The third-order valence-corrected chi connectivity index (χ3v) is 3.63. The number of methoxy groups -OCH3 is 1. The van der Waals surface area contributed by atoms with Crippen LogP contribution in [0.2, 0.25) is 5.02 Å². The molecule has 2 aromatic rings. The van der Waals surface area contributed by atoms with Gasteiger partial charge in [0.2, 0.25) is 0 Å². The molecule has 1 amide bonds. The number of hydrogen-bond acceptors (Lipinski definition) is 3. The Hall–Kier alpha value is -2.77. The highest BCUT2D eigenvalue weighted by Crippen LogP contribution is 2.26. The molecule has 0 radical (unpaired) electrons. The minimum Gasteiger partial charge on any atom is -0.495 e. The van der Waals surface area contributed by atoms with E-state index in [2.05, 4.69) is 5.32 Å². The molecule has 5 heteroatoms. The smallest absolute Gasteiger partial charge is 0.266 e. The summed E-state index contributed by atoms with van der Waals surface area (Å²) in [5.74, 6) is 0.0708. The SMILES string of the molecule is COc1ccc(/C=C(\C#N)C(=O)Nc2cc(C)cc(C)c2)cc1Cl. The van der Waals surface area contributed by atoms with Crippen LogP contribution in [0.1, 0.15) is 16.7 Å². The Kier molecular flexibility index (Phi) is 5.62. The monoisotopic (exact) mass is 340 g/mol. The van der Waals surface area contributed by atoms with E-state index in [9.17, 15) is 10.1 Å². The maximum Gasteiger partial charge on any atom is 0.266 e. The first-order chi connectivity index (χ1) is 11.4. The lowest BCUT2D eigenvalue weighted by atomic mass is 10.1. The van der Waals surface area contributed by atoms with Gasteiger partial charge in [0.15, 0.2) is 0 Å². The number of nitriles is 1. The number of nitrogens with zero attached hydrogens (tertiary/aromatic N) is 1. The summed E-state index contributed by atoms with van der Waals surface area (Å²) in [6.07, 6.45) is 1.49. The number of halogens is 1. The average molecular weight is 341 g/mol. The Bertz CT molecular complexity index is 831. The van der Waals surface area contributed by atoms with E-state index in [1.54, 1.807) is 18.2 Å². The van der Waals surface area contributed by atoms with Crippen molar-refractivity contribution in [3.63, 3.8) is 0 Å². The van der Waals surface area contributed by atoms with E-state index in [0.717, 1.165) is 11.1 Å². The second kappa shape index (κ2) is 7.67. The summed E-state index contributed by atoms with van der Waals surface area (Å²) in [4.78, 5) is 12.3. The van der Waals surface area contributed by atoms with Gasteiger partial charge in [-0.3, -0.25) is 4.79 Å². The second-order valence-electron chi connectivity index (χ2n) is 5.39. The highest BCUT2D eigenvalue weighted by Gasteiger charge is 2.11. The number of benzene rings is 2. The molecule has 0 bridgehead atoms. The fourth-order valence-corrected chi connectivity index (χ4v) is 2.60. The van der Waals surface area contributed by atoms with Crippen LogP contribution in [0, 0.1) is 25.2 Å². The zero-order chi connectivity index (χ0) is 17.7. The molecule has 0 saturated heterocycles. The fraction of sp³-hybridized carbons (Fsp3) is 0.158. The first-order valence-electron chi connectivity index (χ1n) is 7.28. The van der Waals surface area contributed by atoms with Crippen LogP contribution >= 0.6 is 11.6 Å². The van der Waals surface area contributed by atoms with Crippen LogP contribution in [0.5, 0.6) is 5.75 Å². The molecule has 0 spiro atoms. The third-order valence-electron chi connectivity index (χ3n) is 3.33. The molecule has 0 saturated carbocycles. The van der Waals surface area contributed by atoms with Crippen molar-refractivity contribution in [1.82, 2.24) is 0 Å². The largest absolute Gasteiger partial charge is 0.495 e. The van der Waals surface area contributed by atoms with Gasteiger partial charge in [0.25, 0.3) is 5.91 Å². The lowest BCUT2D eigenvalue weighted by Gasteiger charge is -2.07. The van der Waals surface area contributed by atoms with Gasteiger partial charge in [-0.2, -0.15) is 5.26 Å². The third kappa shape index (κ3) is 4.37. The Morgan fingerprint density at radius 2 is 1.88 bits per heavy atom. The van der Waals surface area contributed by atoms with Gasteiger partial charge in [0, 0.05) is 5.69 Å². The quantitative estimate of drug-likeness (QED) is 0.658. The van der Waals surface area contributed by atoms with Crippen molar-refractivity contribution >= 4 is 29.3 Å². The van der Waals surface area contributed by atoms with Crippen molar-refractivity contribution in [2.45, 2.75) is 13.8 Å². The maximum atomic E-state index is 12.3. The Labute approximate surface area is 146 Å². The average Bonchev–Trinajstić information content (AvgIpc) is 2.51. The Morgan fingerprint density at radius 1 is 1.21 bits per heavy atom. The minimum absolute atomic E-state index is 0.00427. The van der Waals surface area contributed by atoms with Crippen molar-refractivity contribution in [3.05, 3.63) is 63.7 Å². The predicted molar refractivity (Wildman–Crippen MR) is 96.1 cm³/mol. The van der Waals surface area contributed by atoms with Crippen LogP contribution in [0.25, 0.3) is 6.08 Å². The first kappa shape index (κ1) is 17.6. The number of aryl methyl sites for hydroxylation is 2. The highest BCUT2D eigenvalue weighted by atomic mass is 35.5. The summed E-state index contributed by atoms with van der Waals surface area (Å²) in [5, 5.41) is 12.4. The normalized spacial score (nSPS) is 10.9. The van der Waals surface area contributed by atoms with E-state index < -0.39 is 5.91 Å². The molecular formula is C19H17ClN2O2. The lowest BCUT2D eigenvalue weighted by molar-refractivity contribution is -0.112. The van der Waals surface area contributed by atoms with Crippen LogP contribution in [-0.2, 0) is 4.79 Å². The second-order valence-corrected chi connectivity index (χ2v) is 5.80. The number of hydrogen-bond donors (Lipinski definition) is 1. The molecule has 0 unspecified atom stereocenters. The number of anilines is 1. The fourth-order valence-electron chi connectivity index (χ4n) is 2.33. The number of carbonyl (C=O) groups excluding carboxylic acids is 1. The molecule has 4 nitrogen and oxygen atoms in total. The molecule has 0 aromatic heterocycles. The number of carbonyl (C=O) groups is 1. The van der Waals surface area contributed by atoms with Crippen LogP contribution in [0.3, 0.4) is 0 Å². The van der Waals surface area contributed by atoms with Crippen molar-refractivity contribution in [3.8, 4) is 11.8 Å². The summed E-state index contributed by atoms with van der Waals surface area (Å²) in [5.41, 5.74) is 3.37. The zero-order valence-electron chi connectivity index (χ0n) is 13.7. The summed E-state index contributed by atoms with van der Waals surface area (Å²) < 4.78 is 5.08. The van der Waals surface area contributed by atoms with Gasteiger partial charge in [0.05, 0.1) is 12.1 Å². The molecule has 24 heavy (non-hydrogen) atoms. The standard InChI is InChI=1S/C19H17ClN2O2/c1-12-6-13(2)8-16(7-12)22-19(23)15(11-21)9-14-4-5-18(24-3)17(20)10-14/h4-10H,1-3H3,(H,22,23)/b15-9+. The molecule has 0 atom stereocenters. The summed E-state index contributed by atoms with van der Waals surface area (Å²) in [7, 11) is 1.52. The topological polar surface area (TPSA) is 62.1 Å². The molecule has 0 heterocycles. The van der Waals surface area contributed by atoms with Gasteiger partial charge in [-0.25, -0.2) is 0 Å². The van der Waals surface area contributed by atoms with Gasteiger partial charge >= 0.3 is 0 Å². The van der Waals surface area contributed by atoms with Crippen molar-refractivity contribution in [1.29, 1.82) is 5.26 Å². The zero-order valence-corrected chi connectivity index (χ0v) is 14.4. The Balaban J connectivity index is 2.25. The Morgan fingerprint density at radius 3 is 2.42 bits per heavy atom. The number of rotatable bonds is 4. The lowest BCUT2D eigenvalue weighted by Crippen LogP contribution is -2.13. The number of amides is 1. The van der Waals surface area contributed by atoms with Gasteiger partial charge in [-0.1, -0.05) is 23.7 Å². The predicted octanol–water partition coefficient (Wildman–Crippen LogP) is 4.51. The van der Waals surface area contributed by atoms with Gasteiger partial charge in [-0.05, 0) is 60.9 Å². The molecule has 0 aliphatic heterocycles. The molecule has 122 valence electrons. The summed E-state index contributed by atoms with van der Waals surface area (Å²) in [6, 6.07) is 12.7. The van der Waals surface area contributed by atoms with Gasteiger partial charge in [0.1, 0.15) is 17.4 Å². The van der Waals surface area contributed by atoms with E-state index in [0.29, 0.717) is 22.0 Å². The molecule has 1 N–H and O–H groups in total. The van der Waals surface area contributed by atoms with Gasteiger partial charge < -0.3 is 10.1 Å². The van der Waals surface area contributed by atoms with E-state index >= 15 is 0 Å². The van der Waals surface area contributed by atoms with Crippen molar-refractivity contribution in [2.75, 3.05) is 12.4 Å². The van der Waals surface area contributed by atoms with Crippen LogP contribution in [0.15, 0.2) is 42.0 Å². The molecule has 2 rings (SSSR count). The van der Waals surface area contributed by atoms with Crippen LogP contribution in [0.4, 0.5) is 5.69 Å². The van der Waals surface area contributed by atoms with E-state index in [-0.39, 0.29) is 5.57 Å². The van der Waals surface area contributed by atoms with Crippen molar-refractivity contribution in [2.24, 2.45) is 0 Å². The number of nitrogens with one attached hydrogen (secondary N) is 1. The summed E-state index contributed by atoms with van der Waals surface area (Å²) >= 11 is 6.06. The maximum absolute atomic E-state index is 12.3. The molecule has 0 aliphatic rings. The minimum atomic E-state index is -0.463. The van der Waals surface area contributed by atoms with Gasteiger partial charge in [-0.15, -0.1) is 0 Å². The molecule has 2 aromatic carbocycles.